The van der Waals surface area contributed by atoms with Gasteiger partial charge in [0.2, 0.25) is 0 Å². The van der Waals surface area contributed by atoms with Crippen molar-refractivity contribution in [3.8, 4) is 0 Å². The van der Waals surface area contributed by atoms with Gasteiger partial charge in [0.1, 0.15) is 0 Å². The molecule has 3 heteroatoms. The molecule has 0 radical (unpaired) electrons. The smallest absolute Gasteiger partial charge is 0.319 e. The number of carbonyl (C=O) groups is 1. The van der Waals surface area contributed by atoms with Gasteiger partial charge in [0.15, 0.2) is 0 Å². The number of nitrogens with one attached hydrogen (secondary N) is 1. The number of esters is 1. The summed E-state index contributed by atoms with van der Waals surface area (Å²) in [6.07, 6.45) is 2.43. The quantitative estimate of drug-likeness (QED) is 0.625. The van der Waals surface area contributed by atoms with E-state index >= 15 is 0 Å². The van der Waals surface area contributed by atoms with Crippen LogP contribution < -0.4 is 5.32 Å². The average molecular weight is 171 g/mol. The Morgan fingerprint density at radius 3 is 2.83 bits per heavy atom. The first-order chi connectivity index (χ1) is 5.77. The Morgan fingerprint density at radius 1 is 1.58 bits per heavy atom. The van der Waals surface area contributed by atoms with Gasteiger partial charge in [-0.25, -0.2) is 0 Å². The van der Waals surface area contributed by atoms with Gasteiger partial charge in [-0.1, -0.05) is 13.3 Å². The van der Waals surface area contributed by atoms with E-state index in [-0.39, 0.29) is 5.97 Å². The molecule has 0 aromatic rings. The first kappa shape index (κ1) is 9.52. The van der Waals surface area contributed by atoms with Crippen molar-refractivity contribution in [1.82, 2.24) is 5.32 Å². The molecular formula is C9H17NO2. The van der Waals surface area contributed by atoms with Crippen LogP contribution in [0.3, 0.4) is 0 Å². The molecule has 3 nitrogen and oxygen atoms in total. The lowest BCUT2D eigenvalue weighted by Gasteiger charge is -2.02. The minimum atomic E-state index is -0.140. The predicted octanol–water partition coefficient (Wildman–Crippen LogP) is 0.938. The molecule has 2 atom stereocenters. The molecule has 0 heterocycles. The molecule has 0 saturated heterocycles. The van der Waals surface area contributed by atoms with Crippen molar-refractivity contribution in [2.45, 2.75) is 32.7 Å². The molecule has 0 bridgehead atoms. The van der Waals surface area contributed by atoms with Gasteiger partial charge in [-0.05, 0) is 19.3 Å². The van der Waals surface area contributed by atoms with Crippen LogP contribution in [0.5, 0.6) is 0 Å². The zero-order chi connectivity index (χ0) is 8.97. The van der Waals surface area contributed by atoms with Crippen molar-refractivity contribution in [2.75, 3.05) is 13.2 Å². The molecule has 0 aromatic carbocycles. The van der Waals surface area contributed by atoms with Gasteiger partial charge in [0.25, 0.3) is 0 Å². The van der Waals surface area contributed by atoms with Crippen LogP contribution in [0.15, 0.2) is 0 Å². The number of hydrogen-bond donors (Lipinski definition) is 1. The van der Waals surface area contributed by atoms with Crippen LogP contribution >= 0.6 is 0 Å². The molecule has 1 fully saturated rings. The summed E-state index contributed by atoms with van der Waals surface area (Å²) in [7, 11) is 0. The van der Waals surface area contributed by atoms with Gasteiger partial charge in [0, 0.05) is 6.04 Å². The number of carbonyl (C=O) groups excluding carboxylic acids is 1. The van der Waals surface area contributed by atoms with Crippen molar-refractivity contribution in [2.24, 2.45) is 5.92 Å². The highest BCUT2D eigenvalue weighted by atomic mass is 16.5. The lowest BCUT2D eigenvalue weighted by molar-refractivity contribution is -0.142. The SMILES string of the molecule is CCOC(=O)CNC1CC1CC. The maximum absolute atomic E-state index is 10.9. The molecule has 1 aliphatic carbocycles. The molecule has 1 aliphatic rings. The van der Waals surface area contributed by atoms with E-state index in [0.29, 0.717) is 19.2 Å². The zero-order valence-corrected chi connectivity index (χ0v) is 7.80. The van der Waals surface area contributed by atoms with E-state index < -0.39 is 0 Å². The summed E-state index contributed by atoms with van der Waals surface area (Å²) in [5.41, 5.74) is 0. The topological polar surface area (TPSA) is 38.3 Å². The molecular weight excluding hydrogens is 154 g/mol. The molecule has 2 unspecified atom stereocenters. The van der Waals surface area contributed by atoms with E-state index in [4.69, 9.17) is 4.74 Å². The van der Waals surface area contributed by atoms with E-state index in [0.717, 1.165) is 5.92 Å². The first-order valence-electron chi connectivity index (χ1n) is 4.66. The second kappa shape index (κ2) is 4.45. The van der Waals surface area contributed by atoms with Crippen molar-refractivity contribution < 1.29 is 9.53 Å². The fourth-order valence-corrected chi connectivity index (χ4v) is 1.38. The van der Waals surface area contributed by atoms with Gasteiger partial charge >= 0.3 is 5.97 Å². The van der Waals surface area contributed by atoms with E-state index in [1.54, 1.807) is 0 Å². The standard InChI is InChI=1S/C9H17NO2/c1-3-7-5-8(7)10-6-9(11)12-4-2/h7-8,10H,3-6H2,1-2H3. The molecule has 1 N–H and O–H groups in total. The largest absolute Gasteiger partial charge is 0.465 e. The van der Waals surface area contributed by atoms with Gasteiger partial charge in [-0.2, -0.15) is 0 Å². The van der Waals surface area contributed by atoms with Gasteiger partial charge < -0.3 is 10.1 Å². The zero-order valence-electron chi connectivity index (χ0n) is 7.80. The lowest BCUT2D eigenvalue weighted by Crippen LogP contribution is -2.27. The van der Waals surface area contributed by atoms with Crippen LogP contribution in [-0.4, -0.2) is 25.2 Å². The highest BCUT2D eigenvalue weighted by Crippen LogP contribution is 2.32. The third-order valence-corrected chi connectivity index (χ3v) is 2.26. The van der Waals surface area contributed by atoms with Gasteiger partial charge in [0.05, 0.1) is 13.2 Å². The highest BCUT2D eigenvalue weighted by molar-refractivity contribution is 5.71. The van der Waals surface area contributed by atoms with Crippen molar-refractivity contribution >= 4 is 5.97 Å². The summed E-state index contributed by atoms with van der Waals surface area (Å²) < 4.78 is 4.79. The second-order valence-electron chi connectivity index (χ2n) is 3.20. The summed E-state index contributed by atoms with van der Waals surface area (Å²) in [6.45, 7) is 4.85. The van der Waals surface area contributed by atoms with Crippen LogP contribution in [0, 0.1) is 5.92 Å². The minimum absolute atomic E-state index is 0.140. The third kappa shape index (κ3) is 2.81. The summed E-state index contributed by atoms with van der Waals surface area (Å²) in [4.78, 5) is 10.9. The van der Waals surface area contributed by atoms with Gasteiger partial charge in [-0.15, -0.1) is 0 Å². The van der Waals surface area contributed by atoms with E-state index in [1.165, 1.54) is 12.8 Å². The monoisotopic (exact) mass is 171 g/mol. The summed E-state index contributed by atoms with van der Waals surface area (Å²) in [5.74, 6) is 0.652. The van der Waals surface area contributed by atoms with Crippen LogP contribution in [-0.2, 0) is 9.53 Å². The predicted molar refractivity (Wildman–Crippen MR) is 46.8 cm³/mol. The molecule has 12 heavy (non-hydrogen) atoms. The fourth-order valence-electron chi connectivity index (χ4n) is 1.38. The van der Waals surface area contributed by atoms with E-state index in [1.807, 2.05) is 6.92 Å². The Bertz CT molecular complexity index is 159. The third-order valence-electron chi connectivity index (χ3n) is 2.26. The summed E-state index contributed by atoms with van der Waals surface area (Å²) in [6, 6.07) is 0.569. The van der Waals surface area contributed by atoms with Crippen LogP contribution in [0.25, 0.3) is 0 Å². The molecule has 1 rings (SSSR count). The van der Waals surface area contributed by atoms with E-state index in [9.17, 15) is 4.79 Å². The Morgan fingerprint density at radius 2 is 2.33 bits per heavy atom. The average Bonchev–Trinajstić information content (AvgIpc) is 2.80. The molecule has 0 amide bonds. The number of ether oxygens (including phenoxy) is 1. The maximum atomic E-state index is 10.9. The normalized spacial score (nSPS) is 26.8. The summed E-state index contributed by atoms with van der Waals surface area (Å²) >= 11 is 0. The van der Waals surface area contributed by atoms with Crippen LogP contribution in [0.4, 0.5) is 0 Å². The maximum Gasteiger partial charge on any atom is 0.319 e. The van der Waals surface area contributed by atoms with Crippen molar-refractivity contribution in [1.29, 1.82) is 0 Å². The Balaban J connectivity index is 1.99. The van der Waals surface area contributed by atoms with E-state index in [2.05, 4.69) is 12.2 Å². The highest BCUT2D eigenvalue weighted by Gasteiger charge is 2.34. The molecule has 0 aromatic heterocycles. The summed E-state index contributed by atoms with van der Waals surface area (Å²) in [5, 5.41) is 3.17. The molecule has 0 aliphatic heterocycles. The molecule has 70 valence electrons. The van der Waals surface area contributed by atoms with Gasteiger partial charge in [-0.3, -0.25) is 4.79 Å². The molecule has 0 spiro atoms. The number of rotatable bonds is 5. The Labute approximate surface area is 73.5 Å². The second-order valence-corrected chi connectivity index (χ2v) is 3.20. The van der Waals surface area contributed by atoms with Crippen molar-refractivity contribution in [3.05, 3.63) is 0 Å². The van der Waals surface area contributed by atoms with Crippen molar-refractivity contribution in [3.63, 3.8) is 0 Å². The Hall–Kier alpha value is -0.570. The lowest BCUT2D eigenvalue weighted by atomic mass is 10.3. The Kier molecular flexibility index (Phi) is 3.53. The molecule has 1 saturated carbocycles. The minimum Gasteiger partial charge on any atom is -0.465 e. The van der Waals surface area contributed by atoms with Crippen LogP contribution in [0.1, 0.15) is 26.7 Å². The van der Waals surface area contributed by atoms with Crippen LogP contribution in [0.2, 0.25) is 0 Å². The first-order valence-corrected chi connectivity index (χ1v) is 4.66. The fraction of sp³-hybridized carbons (Fsp3) is 0.889. The number of hydrogen-bond acceptors (Lipinski definition) is 3.